The number of fused-ring (bicyclic) bond motifs is 2. The Morgan fingerprint density at radius 2 is 1.84 bits per heavy atom. The first kappa shape index (κ1) is 35.3. The highest BCUT2D eigenvalue weighted by Gasteiger charge is 2.38. The second kappa shape index (κ2) is 14.0. The molecule has 0 radical (unpaired) electrons. The standard InChI is InChI=1S/C37H45N7O5S/c1-8-28-22-43(50(46,47)32-13-11-10-12-31(32)49-28)21-26-18-25(15-14-23(26)3)33(29-16-17-30-34(24(29)4)41-42-44(30)9-2)37(5,6)40-35(45)27-19-38-36(48-7)39-20-27/h10-20,28,33,46-47H,8-9,21-22H2,1-7H3,(H,40,45)/t28?,33-/m0/s1. The van der Waals surface area contributed by atoms with Gasteiger partial charge in [0.1, 0.15) is 22.3 Å². The molecular formula is C37H45N7O5S. The van der Waals surface area contributed by atoms with E-state index in [0.717, 1.165) is 38.9 Å². The zero-order chi connectivity index (χ0) is 35.8. The van der Waals surface area contributed by atoms with Gasteiger partial charge in [-0.3, -0.25) is 13.9 Å². The Balaban J connectivity index is 1.43. The van der Waals surface area contributed by atoms with Crippen LogP contribution in [0, 0.1) is 13.8 Å². The van der Waals surface area contributed by atoms with Crippen molar-refractivity contribution in [1.29, 1.82) is 0 Å². The Morgan fingerprint density at radius 3 is 2.54 bits per heavy atom. The van der Waals surface area contributed by atoms with Crippen molar-refractivity contribution in [1.82, 2.24) is 34.6 Å². The van der Waals surface area contributed by atoms with Crippen LogP contribution in [0.25, 0.3) is 11.0 Å². The molecule has 1 unspecified atom stereocenters. The molecule has 0 saturated heterocycles. The van der Waals surface area contributed by atoms with Crippen LogP contribution < -0.4 is 14.8 Å². The average Bonchev–Trinajstić information content (AvgIpc) is 3.49. The molecule has 50 heavy (non-hydrogen) atoms. The minimum atomic E-state index is -3.36. The lowest BCUT2D eigenvalue weighted by molar-refractivity contribution is 0.0905. The predicted molar refractivity (Wildman–Crippen MR) is 194 cm³/mol. The van der Waals surface area contributed by atoms with Gasteiger partial charge in [0.2, 0.25) is 0 Å². The maximum absolute atomic E-state index is 13.7. The fourth-order valence-corrected chi connectivity index (χ4v) is 8.37. The highest BCUT2D eigenvalue weighted by atomic mass is 32.3. The van der Waals surface area contributed by atoms with E-state index in [1.54, 1.807) is 22.5 Å². The lowest BCUT2D eigenvalue weighted by atomic mass is 9.74. The van der Waals surface area contributed by atoms with Crippen molar-refractivity contribution < 1.29 is 23.4 Å². The minimum Gasteiger partial charge on any atom is -0.487 e. The van der Waals surface area contributed by atoms with Crippen LogP contribution in [0.4, 0.5) is 0 Å². The SMILES string of the molecule is CCC1CN(Cc2cc([C@@H](c3ccc4c(nnn4CC)c3C)C(C)(C)NC(=O)c3cnc(OC)nc3)ccc2C)S(O)(O)c2ccccc2O1. The smallest absolute Gasteiger partial charge is 0.316 e. The lowest BCUT2D eigenvalue weighted by Crippen LogP contribution is -2.48. The highest BCUT2D eigenvalue weighted by Crippen LogP contribution is 2.57. The first-order valence-electron chi connectivity index (χ1n) is 16.8. The number of hydrogen-bond acceptors (Lipinski definition) is 10. The third-order valence-electron chi connectivity index (χ3n) is 9.54. The van der Waals surface area contributed by atoms with E-state index < -0.39 is 16.3 Å². The topological polar surface area (TPSA) is 148 Å². The summed E-state index contributed by atoms with van der Waals surface area (Å²) in [6.45, 7) is 13.4. The number of nitrogens with one attached hydrogen (secondary N) is 1. The molecule has 12 nitrogen and oxygen atoms in total. The monoisotopic (exact) mass is 699 g/mol. The van der Waals surface area contributed by atoms with Gasteiger partial charge in [0, 0.05) is 36.9 Å². The normalized spacial score (nSPS) is 17.3. The molecular weight excluding hydrogens is 655 g/mol. The second-order valence-electron chi connectivity index (χ2n) is 13.2. The van der Waals surface area contributed by atoms with Crippen LogP contribution in [0.3, 0.4) is 0 Å². The summed E-state index contributed by atoms with van der Waals surface area (Å²) in [5, 5.41) is 12.1. The Morgan fingerprint density at radius 1 is 1.10 bits per heavy atom. The van der Waals surface area contributed by atoms with Crippen LogP contribution in [-0.4, -0.2) is 69.6 Å². The Bertz CT molecular complexity index is 2010. The van der Waals surface area contributed by atoms with Crippen molar-refractivity contribution in [2.75, 3.05) is 13.7 Å². The number of amides is 1. The molecule has 3 aromatic carbocycles. The zero-order valence-electron chi connectivity index (χ0n) is 29.5. The first-order chi connectivity index (χ1) is 23.9. The quantitative estimate of drug-likeness (QED) is 0.141. The van der Waals surface area contributed by atoms with Crippen LogP contribution in [0.15, 0.2) is 71.9 Å². The molecule has 264 valence electrons. The molecule has 1 aliphatic rings. The molecule has 3 N–H and O–H groups in total. The number of ether oxygens (including phenoxy) is 2. The fourth-order valence-electron chi connectivity index (χ4n) is 6.75. The molecule has 0 aliphatic carbocycles. The molecule has 1 amide bonds. The number of benzene rings is 3. The van der Waals surface area contributed by atoms with Crippen LogP contribution >= 0.6 is 10.8 Å². The van der Waals surface area contributed by atoms with Gasteiger partial charge in [-0.25, -0.2) is 14.6 Å². The van der Waals surface area contributed by atoms with Crippen molar-refractivity contribution in [2.24, 2.45) is 0 Å². The summed E-state index contributed by atoms with van der Waals surface area (Å²) in [5.74, 6) is -0.176. The van der Waals surface area contributed by atoms with E-state index >= 15 is 0 Å². The van der Waals surface area contributed by atoms with Gasteiger partial charge in [0.25, 0.3) is 5.91 Å². The molecule has 0 saturated carbocycles. The summed E-state index contributed by atoms with van der Waals surface area (Å²) in [4.78, 5) is 22.3. The van der Waals surface area contributed by atoms with Crippen molar-refractivity contribution in [3.8, 4) is 11.8 Å². The average molecular weight is 700 g/mol. The van der Waals surface area contributed by atoms with Gasteiger partial charge in [-0.15, -0.1) is 15.9 Å². The Hall–Kier alpha value is -4.56. The number of aryl methyl sites for hydroxylation is 3. The van der Waals surface area contributed by atoms with E-state index in [1.165, 1.54) is 19.5 Å². The molecule has 6 rings (SSSR count). The molecule has 0 bridgehead atoms. The van der Waals surface area contributed by atoms with Gasteiger partial charge >= 0.3 is 6.01 Å². The van der Waals surface area contributed by atoms with E-state index in [2.05, 4.69) is 49.9 Å². The van der Waals surface area contributed by atoms with E-state index in [4.69, 9.17) is 9.47 Å². The lowest BCUT2D eigenvalue weighted by Gasteiger charge is -2.42. The number of hydrogen-bond donors (Lipinski definition) is 3. The third-order valence-corrected chi connectivity index (χ3v) is 11.5. The van der Waals surface area contributed by atoms with E-state index in [9.17, 15) is 13.9 Å². The van der Waals surface area contributed by atoms with Crippen LogP contribution in [0.1, 0.15) is 78.2 Å². The van der Waals surface area contributed by atoms with Crippen molar-refractivity contribution >= 4 is 27.7 Å². The maximum Gasteiger partial charge on any atom is 0.316 e. The van der Waals surface area contributed by atoms with Gasteiger partial charge in [0.15, 0.2) is 0 Å². The second-order valence-corrected chi connectivity index (χ2v) is 15.2. The van der Waals surface area contributed by atoms with Crippen LogP contribution in [0.5, 0.6) is 11.8 Å². The summed E-state index contributed by atoms with van der Waals surface area (Å²) in [7, 11) is -1.89. The molecule has 2 aromatic heterocycles. The van der Waals surface area contributed by atoms with Crippen molar-refractivity contribution in [3.05, 3.63) is 100 Å². The van der Waals surface area contributed by atoms with Gasteiger partial charge < -0.3 is 14.8 Å². The van der Waals surface area contributed by atoms with E-state index in [-0.39, 0.29) is 30.5 Å². The molecule has 13 heteroatoms. The zero-order valence-corrected chi connectivity index (χ0v) is 30.4. The number of para-hydroxylation sites is 1. The summed E-state index contributed by atoms with van der Waals surface area (Å²) < 4.78 is 38.4. The maximum atomic E-state index is 13.7. The molecule has 3 heterocycles. The largest absolute Gasteiger partial charge is 0.487 e. The molecule has 1 aliphatic heterocycles. The number of carbonyl (C=O) groups excluding carboxylic acids is 1. The number of methoxy groups -OCH3 is 1. The molecule has 2 atom stereocenters. The molecule has 0 spiro atoms. The highest BCUT2D eigenvalue weighted by molar-refractivity contribution is 8.22. The van der Waals surface area contributed by atoms with Gasteiger partial charge in [0.05, 0.1) is 24.7 Å². The van der Waals surface area contributed by atoms with Gasteiger partial charge in [-0.05, 0) is 87.1 Å². The number of rotatable bonds is 10. The number of aromatic nitrogens is 5. The summed E-state index contributed by atoms with van der Waals surface area (Å²) >= 11 is 0. The predicted octanol–water partition coefficient (Wildman–Crippen LogP) is 6.90. The Kier molecular flexibility index (Phi) is 9.86. The minimum absolute atomic E-state index is 0.177. The summed E-state index contributed by atoms with van der Waals surface area (Å²) in [6, 6.07) is 17.7. The number of nitrogens with zero attached hydrogens (tertiary/aromatic N) is 6. The molecule has 5 aromatic rings. The molecule has 0 fully saturated rings. The van der Waals surface area contributed by atoms with Gasteiger partial charge in [-0.1, -0.05) is 48.5 Å². The number of carbonyl (C=O) groups is 1. The summed E-state index contributed by atoms with van der Waals surface area (Å²) in [6.07, 6.45) is 3.38. The fraction of sp³-hybridized carbons (Fsp3) is 0.378. The van der Waals surface area contributed by atoms with Crippen molar-refractivity contribution in [2.45, 2.75) is 83.5 Å². The van der Waals surface area contributed by atoms with Crippen LogP contribution in [-0.2, 0) is 13.1 Å². The summed E-state index contributed by atoms with van der Waals surface area (Å²) in [5.41, 5.74) is 6.04. The van der Waals surface area contributed by atoms with E-state index in [1.807, 2.05) is 58.4 Å². The van der Waals surface area contributed by atoms with Crippen LogP contribution in [0.2, 0.25) is 0 Å². The Labute approximate surface area is 294 Å². The van der Waals surface area contributed by atoms with Crippen molar-refractivity contribution in [3.63, 3.8) is 0 Å². The van der Waals surface area contributed by atoms with Gasteiger partial charge in [-0.2, -0.15) is 4.31 Å². The van der Waals surface area contributed by atoms with E-state index in [0.29, 0.717) is 35.7 Å². The third kappa shape index (κ3) is 6.65. The first-order valence-corrected chi connectivity index (χ1v) is 18.3.